The number of nitriles is 1. The van der Waals surface area contributed by atoms with Gasteiger partial charge in [0.15, 0.2) is 23.3 Å². The van der Waals surface area contributed by atoms with Crippen molar-refractivity contribution in [2.75, 3.05) is 0 Å². The Morgan fingerprint density at radius 2 is 0.658 bits per heavy atom. The van der Waals surface area contributed by atoms with Gasteiger partial charge in [-0.15, -0.1) is 0 Å². The lowest BCUT2D eigenvalue weighted by molar-refractivity contribution is 1.06. The van der Waals surface area contributed by atoms with E-state index in [2.05, 4.69) is 149 Å². The predicted octanol–water partition coefficient (Wildman–Crippen LogP) is 16.4. The van der Waals surface area contributed by atoms with Gasteiger partial charge in [0.25, 0.3) is 0 Å². The second-order valence-corrected chi connectivity index (χ2v) is 18.8. The van der Waals surface area contributed by atoms with Crippen LogP contribution in [0.2, 0.25) is 0 Å². The van der Waals surface area contributed by atoms with Gasteiger partial charge in [0.2, 0.25) is 0 Å². The van der Waals surface area contributed by atoms with Crippen molar-refractivity contribution in [2.24, 2.45) is 0 Å². The van der Waals surface area contributed by atoms with E-state index in [4.69, 9.17) is 24.9 Å². The third kappa shape index (κ3) is 7.66. The Morgan fingerprint density at radius 3 is 1.17 bits per heavy atom. The summed E-state index contributed by atoms with van der Waals surface area (Å²) < 4.78 is 4.62. The lowest BCUT2D eigenvalue weighted by Crippen LogP contribution is -2.04. The predicted molar refractivity (Wildman–Crippen MR) is 307 cm³/mol. The van der Waals surface area contributed by atoms with Crippen LogP contribution in [0.1, 0.15) is 5.56 Å². The molecule has 0 fully saturated rings. The summed E-state index contributed by atoms with van der Waals surface area (Å²) >= 11 is 0. The molecule has 0 spiro atoms. The van der Waals surface area contributed by atoms with Gasteiger partial charge in [-0.05, 0) is 77.9 Å². The van der Waals surface area contributed by atoms with Crippen molar-refractivity contribution in [3.63, 3.8) is 0 Å². The number of hydrogen-bond acceptors (Lipinski definition) is 6. The van der Waals surface area contributed by atoms with Gasteiger partial charge in [-0.25, -0.2) is 24.9 Å². The average molecular weight is 971 g/mol. The molecule has 4 heterocycles. The van der Waals surface area contributed by atoms with E-state index in [-0.39, 0.29) is 0 Å². The first-order chi connectivity index (χ1) is 37.6. The zero-order valence-corrected chi connectivity index (χ0v) is 40.8. The zero-order chi connectivity index (χ0) is 50.5. The van der Waals surface area contributed by atoms with Crippen molar-refractivity contribution in [3.8, 4) is 96.6 Å². The van der Waals surface area contributed by atoms with Crippen LogP contribution in [0.3, 0.4) is 0 Å². The maximum Gasteiger partial charge on any atom is 0.166 e. The van der Waals surface area contributed by atoms with E-state index < -0.39 is 0 Å². The fourth-order valence-corrected chi connectivity index (χ4v) is 10.7. The lowest BCUT2D eigenvalue weighted by atomic mass is 9.99. The topological polar surface area (TPSA) is 98.1 Å². The lowest BCUT2D eigenvalue weighted by Gasteiger charge is -2.17. The molecule has 0 saturated heterocycles. The van der Waals surface area contributed by atoms with Gasteiger partial charge in [0.05, 0.1) is 56.5 Å². The van der Waals surface area contributed by atoms with Crippen molar-refractivity contribution in [1.82, 2.24) is 34.1 Å². The van der Waals surface area contributed by atoms with E-state index in [1.54, 1.807) is 0 Å². The molecule has 76 heavy (non-hydrogen) atoms. The Kier molecular flexibility index (Phi) is 10.7. The number of nitrogens with zero attached hydrogens (tertiary/aromatic N) is 8. The van der Waals surface area contributed by atoms with E-state index in [1.165, 1.54) is 0 Å². The monoisotopic (exact) mass is 970 g/mol. The normalized spacial score (nSPS) is 11.4. The molecular formula is C68H42N8. The van der Waals surface area contributed by atoms with Gasteiger partial charge in [0.1, 0.15) is 0 Å². The Hall–Kier alpha value is -10.6. The van der Waals surface area contributed by atoms with E-state index in [1.807, 2.05) is 121 Å². The van der Waals surface area contributed by atoms with Crippen LogP contribution in [-0.2, 0) is 0 Å². The van der Waals surface area contributed by atoms with Gasteiger partial charge in [-0.2, -0.15) is 5.26 Å². The summed E-state index contributed by atoms with van der Waals surface area (Å²) in [6.07, 6.45) is 0. The fraction of sp³-hybridized carbons (Fsp3) is 0. The zero-order valence-electron chi connectivity index (χ0n) is 40.8. The van der Waals surface area contributed by atoms with Crippen LogP contribution in [0.15, 0.2) is 255 Å². The fourth-order valence-electron chi connectivity index (χ4n) is 10.7. The van der Waals surface area contributed by atoms with Crippen LogP contribution < -0.4 is 0 Å². The summed E-state index contributed by atoms with van der Waals surface area (Å²) in [7, 11) is 0. The Bertz CT molecular complexity index is 4410. The number of rotatable bonds is 9. The highest BCUT2D eigenvalue weighted by atomic mass is 15.1. The van der Waals surface area contributed by atoms with Crippen molar-refractivity contribution >= 4 is 43.6 Å². The van der Waals surface area contributed by atoms with E-state index in [0.717, 1.165) is 111 Å². The van der Waals surface area contributed by atoms with E-state index in [9.17, 15) is 5.26 Å². The molecule has 0 atom stereocenters. The highest BCUT2D eigenvalue weighted by Gasteiger charge is 2.23. The molecule has 0 radical (unpaired) electrons. The Balaban J connectivity index is 0.983. The molecular weight excluding hydrogens is 929 g/mol. The summed E-state index contributed by atoms with van der Waals surface area (Å²) in [5.74, 6) is 2.27. The number of para-hydroxylation sites is 3. The molecule has 0 bridgehead atoms. The summed E-state index contributed by atoms with van der Waals surface area (Å²) in [4.78, 5) is 26.2. The maximum absolute atomic E-state index is 10.4. The molecule has 4 aromatic heterocycles. The molecule has 0 aliphatic carbocycles. The number of aromatic nitrogens is 7. The molecule has 0 amide bonds. The molecule has 14 aromatic rings. The first-order valence-electron chi connectivity index (χ1n) is 25.2. The summed E-state index contributed by atoms with van der Waals surface area (Å²) in [6.45, 7) is 0. The molecule has 0 saturated carbocycles. The number of hydrogen-bond donors (Lipinski definition) is 0. The Morgan fingerprint density at radius 1 is 0.276 bits per heavy atom. The van der Waals surface area contributed by atoms with Crippen LogP contribution in [0.4, 0.5) is 0 Å². The van der Waals surface area contributed by atoms with Gasteiger partial charge in [-0.3, -0.25) is 0 Å². The van der Waals surface area contributed by atoms with E-state index in [0.29, 0.717) is 28.9 Å². The minimum Gasteiger partial charge on any atom is -0.309 e. The maximum atomic E-state index is 10.4. The molecule has 0 aliphatic heterocycles. The van der Waals surface area contributed by atoms with Crippen LogP contribution in [-0.4, -0.2) is 34.1 Å². The van der Waals surface area contributed by atoms with E-state index >= 15 is 0 Å². The van der Waals surface area contributed by atoms with Crippen LogP contribution in [0.25, 0.3) is 134 Å². The SMILES string of the molecule is N#Cc1ccc(-n2c3ccccc3c3cc(-c4ccc(-n5c6ccccc6c6ccccc65)c(-c5nc(-c6ccccc6)nc(-c6ccccc6)n5)c4)ccc32)c(-c2nc(-c3ccccc3)cc(-c3ccccc3)n2)c1. The molecule has 14 rings (SSSR count). The molecule has 354 valence electrons. The van der Waals surface area contributed by atoms with Crippen molar-refractivity contribution in [2.45, 2.75) is 0 Å². The van der Waals surface area contributed by atoms with Crippen LogP contribution in [0, 0.1) is 11.3 Å². The minimum absolute atomic E-state index is 0.516. The third-order valence-corrected chi connectivity index (χ3v) is 14.2. The second-order valence-electron chi connectivity index (χ2n) is 18.8. The average Bonchev–Trinajstić information content (AvgIpc) is 4.11. The summed E-state index contributed by atoms with van der Waals surface area (Å²) in [6, 6.07) is 89.8. The third-order valence-electron chi connectivity index (χ3n) is 14.2. The molecule has 0 aliphatic rings. The van der Waals surface area contributed by atoms with Crippen molar-refractivity contribution in [1.29, 1.82) is 5.26 Å². The standard InChI is InChI=1S/C68H42N8/c69-43-44-33-36-63(55(39-44)67-70-57(45-19-5-1-6-20-45)42-58(71-67)46-21-7-2-8-22-46)76-61-32-18-15-29-53(61)54-40-49(34-37-62(54)76)50-35-38-64(75-59-30-16-13-27-51(59)52-28-14-17-31-60(52)75)56(41-50)68-73-65(47-23-9-3-10-24-47)72-66(74-68)48-25-11-4-12-26-48/h1-42H. The molecule has 8 heteroatoms. The highest BCUT2D eigenvalue weighted by Crippen LogP contribution is 2.42. The van der Waals surface area contributed by atoms with Gasteiger partial charge in [-0.1, -0.05) is 188 Å². The Labute approximate surface area is 437 Å². The molecule has 10 aromatic carbocycles. The second kappa shape index (κ2) is 18.5. The van der Waals surface area contributed by atoms with Crippen molar-refractivity contribution in [3.05, 3.63) is 260 Å². The van der Waals surface area contributed by atoms with Gasteiger partial charge < -0.3 is 9.13 Å². The van der Waals surface area contributed by atoms with Crippen molar-refractivity contribution < 1.29 is 0 Å². The largest absolute Gasteiger partial charge is 0.309 e. The summed E-state index contributed by atoms with van der Waals surface area (Å²) in [5, 5.41) is 14.8. The first kappa shape index (κ1) is 44.1. The number of fused-ring (bicyclic) bond motifs is 6. The van der Waals surface area contributed by atoms with Gasteiger partial charge >= 0.3 is 0 Å². The molecule has 8 nitrogen and oxygen atoms in total. The first-order valence-corrected chi connectivity index (χ1v) is 25.2. The molecule has 0 N–H and O–H groups in total. The smallest absolute Gasteiger partial charge is 0.166 e. The van der Waals surface area contributed by atoms with Gasteiger partial charge in [0, 0.05) is 54.9 Å². The quantitative estimate of drug-likeness (QED) is 0.143. The molecule has 0 unspecified atom stereocenters. The van der Waals surface area contributed by atoms with Crippen LogP contribution in [0.5, 0.6) is 0 Å². The highest BCUT2D eigenvalue weighted by molar-refractivity contribution is 6.12. The summed E-state index contributed by atoms with van der Waals surface area (Å²) in [5.41, 5.74) is 15.5. The minimum atomic E-state index is 0.516. The van der Waals surface area contributed by atoms with Crippen LogP contribution >= 0.6 is 0 Å². The number of benzene rings is 10.